The molecule has 3 nitrogen and oxygen atoms in total. The molecule has 0 heterocycles. The first-order valence-corrected chi connectivity index (χ1v) is 3.36. The summed E-state index contributed by atoms with van der Waals surface area (Å²) in [5.74, 6) is -0.188. The molecule has 0 unspecified atom stereocenters. The van der Waals surface area contributed by atoms with Crippen molar-refractivity contribution in [1.82, 2.24) is 0 Å². The number of phenols is 2. The van der Waals surface area contributed by atoms with Crippen LogP contribution in [0.3, 0.4) is 0 Å². The van der Waals surface area contributed by atoms with Crippen LogP contribution in [0.2, 0.25) is 0 Å². The van der Waals surface area contributed by atoms with Crippen LogP contribution in [0.25, 0.3) is 0 Å². The molecular weight excluding hydrogens is 142 g/mol. The van der Waals surface area contributed by atoms with Gasteiger partial charge in [-0.3, -0.25) is 0 Å². The van der Waals surface area contributed by atoms with Crippen molar-refractivity contribution in [2.45, 2.75) is 6.92 Å². The predicted molar refractivity (Wildman–Crippen MR) is 44.1 cm³/mol. The van der Waals surface area contributed by atoms with E-state index in [-0.39, 0.29) is 11.5 Å². The number of nitrogens with one attached hydrogen (secondary N) is 1. The number of phenolic OH excluding ortho intramolecular Hbond substituents is 2. The van der Waals surface area contributed by atoms with E-state index in [1.54, 1.807) is 13.1 Å². The van der Waals surface area contributed by atoms with Crippen LogP contribution in [-0.2, 0) is 0 Å². The van der Waals surface area contributed by atoms with Crippen LogP contribution in [0, 0.1) is 6.92 Å². The molecule has 3 N–H and O–H groups in total. The lowest BCUT2D eigenvalue weighted by Gasteiger charge is -2.07. The summed E-state index contributed by atoms with van der Waals surface area (Å²) in [5.41, 5.74) is 1.48. The van der Waals surface area contributed by atoms with Crippen molar-refractivity contribution >= 4 is 5.69 Å². The molecule has 3 heteroatoms. The Kier molecular flexibility index (Phi) is 1.89. The van der Waals surface area contributed by atoms with E-state index in [2.05, 4.69) is 5.32 Å². The molecule has 0 radical (unpaired) electrons. The van der Waals surface area contributed by atoms with Gasteiger partial charge in [-0.25, -0.2) is 0 Å². The molecule has 1 aromatic rings. The Morgan fingerprint density at radius 3 is 2.36 bits per heavy atom. The second-order valence-electron chi connectivity index (χ2n) is 2.38. The zero-order valence-electron chi connectivity index (χ0n) is 6.55. The zero-order valence-corrected chi connectivity index (χ0v) is 6.55. The number of hydrogen-bond donors (Lipinski definition) is 3. The topological polar surface area (TPSA) is 52.5 Å². The van der Waals surface area contributed by atoms with Crippen LogP contribution in [0.5, 0.6) is 11.5 Å². The van der Waals surface area contributed by atoms with Gasteiger partial charge in [0, 0.05) is 7.05 Å². The third kappa shape index (κ3) is 1.22. The van der Waals surface area contributed by atoms with Gasteiger partial charge in [0.25, 0.3) is 0 Å². The number of aromatic hydroxyl groups is 2. The molecule has 0 bridgehead atoms. The van der Waals surface area contributed by atoms with Crippen LogP contribution < -0.4 is 5.32 Å². The Hall–Kier alpha value is -1.38. The van der Waals surface area contributed by atoms with Gasteiger partial charge in [-0.05, 0) is 18.6 Å². The van der Waals surface area contributed by atoms with Crippen LogP contribution in [0.1, 0.15) is 5.56 Å². The average molecular weight is 153 g/mol. The first kappa shape index (κ1) is 7.72. The predicted octanol–water partition coefficient (Wildman–Crippen LogP) is 1.45. The van der Waals surface area contributed by atoms with E-state index < -0.39 is 0 Å². The lowest BCUT2D eigenvalue weighted by molar-refractivity contribution is 0.405. The lowest BCUT2D eigenvalue weighted by atomic mass is 10.2. The first-order valence-electron chi connectivity index (χ1n) is 3.36. The molecule has 60 valence electrons. The molecule has 1 aromatic carbocycles. The molecule has 0 atom stereocenters. The molecule has 1 rings (SSSR count). The molecule has 0 spiro atoms. The van der Waals surface area contributed by atoms with Crippen LogP contribution in [-0.4, -0.2) is 17.3 Å². The van der Waals surface area contributed by atoms with Crippen molar-refractivity contribution in [2.24, 2.45) is 0 Å². The molecule has 0 amide bonds. The second kappa shape index (κ2) is 2.70. The van der Waals surface area contributed by atoms with Gasteiger partial charge in [-0.15, -0.1) is 0 Å². The summed E-state index contributed by atoms with van der Waals surface area (Å²) >= 11 is 0. The van der Waals surface area contributed by atoms with E-state index in [9.17, 15) is 5.11 Å². The third-order valence-corrected chi connectivity index (χ3v) is 1.61. The molecule has 0 saturated carbocycles. The fraction of sp³-hybridized carbons (Fsp3) is 0.250. The summed E-state index contributed by atoms with van der Waals surface area (Å²) in [6.45, 7) is 1.85. The van der Waals surface area contributed by atoms with Gasteiger partial charge in [-0.2, -0.15) is 0 Å². The van der Waals surface area contributed by atoms with Gasteiger partial charge in [0.1, 0.15) is 0 Å². The molecule has 0 aliphatic heterocycles. The first-order chi connectivity index (χ1) is 5.16. The van der Waals surface area contributed by atoms with Crippen molar-refractivity contribution < 1.29 is 10.2 Å². The van der Waals surface area contributed by atoms with Crippen molar-refractivity contribution in [3.63, 3.8) is 0 Å². The van der Waals surface area contributed by atoms with E-state index in [4.69, 9.17) is 5.11 Å². The zero-order chi connectivity index (χ0) is 8.43. The van der Waals surface area contributed by atoms with Gasteiger partial charge in [-0.1, -0.05) is 6.07 Å². The van der Waals surface area contributed by atoms with E-state index in [1.807, 2.05) is 6.92 Å². The standard InChI is InChI=1S/C8H11NO2/c1-5-3-4-6(10)8(11)7(5)9-2/h3-4,9-11H,1-2H3. The maximum atomic E-state index is 9.27. The van der Waals surface area contributed by atoms with Crippen molar-refractivity contribution in [3.05, 3.63) is 17.7 Å². The molecule has 0 aromatic heterocycles. The van der Waals surface area contributed by atoms with Gasteiger partial charge in [0.15, 0.2) is 11.5 Å². The Morgan fingerprint density at radius 2 is 1.91 bits per heavy atom. The summed E-state index contributed by atoms with van der Waals surface area (Å²) in [4.78, 5) is 0. The fourth-order valence-corrected chi connectivity index (χ4v) is 0.997. The second-order valence-corrected chi connectivity index (χ2v) is 2.38. The van der Waals surface area contributed by atoms with E-state index in [1.165, 1.54) is 6.07 Å². The Balaban J connectivity index is 3.29. The quantitative estimate of drug-likeness (QED) is 0.535. The smallest absolute Gasteiger partial charge is 0.181 e. The van der Waals surface area contributed by atoms with Gasteiger partial charge < -0.3 is 15.5 Å². The minimum Gasteiger partial charge on any atom is -0.504 e. The fourth-order valence-electron chi connectivity index (χ4n) is 0.997. The maximum absolute atomic E-state index is 9.27. The van der Waals surface area contributed by atoms with E-state index in [0.717, 1.165) is 5.56 Å². The molecule has 0 fully saturated rings. The van der Waals surface area contributed by atoms with Crippen molar-refractivity contribution in [2.75, 3.05) is 12.4 Å². The van der Waals surface area contributed by atoms with E-state index >= 15 is 0 Å². The SMILES string of the molecule is CNc1c(C)ccc(O)c1O. The summed E-state index contributed by atoms with van der Waals surface area (Å²) < 4.78 is 0. The summed E-state index contributed by atoms with van der Waals surface area (Å²) in [6, 6.07) is 3.20. The molecular formula is C8H11NO2. The largest absolute Gasteiger partial charge is 0.504 e. The molecule has 0 aliphatic carbocycles. The number of anilines is 1. The Morgan fingerprint density at radius 1 is 1.27 bits per heavy atom. The summed E-state index contributed by atoms with van der Waals surface area (Å²) in [7, 11) is 1.70. The van der Waals surface area contributed by atoms with E-state index in [0.29, 0.717) is 5.69 Å². The maximum Gasteiger partial charge on any atom is 0.181 e. The summed E-state index contributed by atoms with van der Waals surface area (Å²) in [5, 5.41) is 21.1. The van der Waals surface area contributed by atoms with Crippen molar-refractivity contribution in [1.29, 1.82) is 0 Å². The highest BCUT2D eigenvalue weighted by Crippen LogP contribution is 2.34. The molecule has 11 heavy (non-hydrogen) atoms. The minimum atomic E-state index is -0.0973. The molecule has 0 saturated heterocycles. The number of aryl methyl sites for hydroxylation is 1. The Labute approximate surface area is 65.3 Å². The lowest BCUT2D eigenvalue weighted by Crippen LogP contribution is -1.91. The molecule has 0 aliphatic rings. The van der Waals surface area contributed by atoms with Crippen LogP contribution >= 0.6 is 0 Å². The highest BCUT2D eigenvalue weighted by molar-refractivity contribution is 5.65. The highest BCUT2D eigenvalue weighted by atomic mass is 16.3. The van der Waals surface area contributed by atoms with Crippen molar-refractivity contribution in [3.8, 4) is 11.5 Å². The third-order valence-electron chi connectivity index (χ3n) is 1.61. The number of benzene rings is 1. The highest BCUT2D eigenvalue weighted by Gasteiger charge is 2.06. The van der Waals surface area contributed by atoms with Gasteiger partial charge in [0.2, 0.25) is 0 Å². The number of hydrogen-bond acceptors (Lipinski definition) is 3. The normalized spacial score (nSPS) is 9.64. The van der Waals surface area contributed by atoms with Gasteiger partial charge in [0.05, 0.1) is 5.69 Å². The Bertz CT molecular complexity index is 271. The minimum absolute atomic E-state index is 0.0903. The van der Waals surface area contributed by atoms with Crippen LogP contribution in [0.4, 0.5) is 5.69 Å². The number of rotatable bonds is 1. The van der Waals surface area contributed by atoms with Gasteiger partial charge >= 0.3 is 0 Å². The summed E-state index contributed by atoms with van der Waals surface area (Å²) in [6.07, 6.45) is 0. The monoisotopic (exact) mass is 153 g/mol. The average Bonchev–Trinajstić information content (AvgIpc) is 1.99. The van der Waals surface area contributed by atoms with Crippen LogP contribution in [0.15, 0.2) is 12.1 Å².